The van der Waals surface area contributed by atoms with Gasteiger partial charge in [-0.2, -0.15) is 0 Å². The van der Waals surface area contributed by atoms with E-state index in [1.54, 1.807) is 6.92 Å². The molecule has 194 valence electrons. The first-order valence-electron chi connectivity index (χ1n) is 12.4. The van der Waals surface area contributed by atoms with Crippen LogP contribution in [0.25, 0.3) is 0 Å². The van der Waals surface area contributed by atoms with E-state index in [0.717, 1.165) is 12.8 Å². The van der Waals surface area contributed by atoms with E-state index in [4.69, 9.17) is 19.3 Å². The van der Waals surface area contributed by atoms with Crippen molar-refractivity contribution in [2.45, 2.75) is 97.5 Å². The van der Waals surface area contributed by atoms with E-state index in [2.05, 4.69) is 20.1 Å². The quantitative estimate of drug-likeness (QED) is 0.112. The van der Waals surface area contributed by atoms with Crippen LogP contribution in [0.15, 0.2) is 36.0 Å². The molecule has 0 aromatic rings. The zero-order chi connectivity index (χ0) is 25.8. The topological polar surface area (TPSA) is 102 Å². The van der Waals surface area contributed by atoms with Gasteiger partial charge in [-0.15, -0.1) is 0 Å². The van der Waals surface area contributed by atoms with Gasteiger partial charge in [0.1, 0.15) is 12.7 Å². The number of carboxylic acids is 1. The Hall–Kier alpha value is -2.41. The lowest BCUT2D eigenvalue weighted by molar-refractivity contribution is -0.140. The lowest BCUT2D eigenvalue weighted by Gasteiger charge is -2.06. The number of epoxide rings is 1. The van der Waals surface area contributed by atoms with E-state index in [9.17, 15) is 14.4 Å². The fraction of sp³-hybridized carbons (Fsp3) is 0.667. The summed E-state index contributed by atoms with van der Waals surface area (Å²) in [5.74, 6) is -1.75. The molecule has 1 fully saturated rings. The van der Waals surface area contributed by atoms with Gasteiger partial charge in [0.05, 0.1) is 13.2 Å². The third-order valence-corrected chi connectivity index (χ3v) is 5.16. The minimum Gasteiger partial charge on any atom is -0.478 e. The van der Waals surface area contributed by atoms with Gasteiger partial charge in [-0.3, -0.25) is 0 Å². The number of allylic oxidation sites excluding steroid dienone is 1. The maximum Gasteiger partial charge on any atom is 0.333 e. The van der Waals surface area contributed by atoms with Gasteiger partial charge in [-0.25, -0.2) is 14.4 Å². The Morgan fingerprint density at radius 1 is 0.912 bits per heavy atom. The van der Waals surface area contributed by atoms with Crippen molar-refractivity contribution in [2.24, 2.45) is 0 Å². The van der Waals surface area contributed by atoms with Crippen LogP contribution in [0.5, 0.6) is 0 Å². The highest BCUT2D eigenvalue weighted by Gasteiger charge is 2.24. The van der Waals surface area contributed by atoms with Gasteiger partial charge >= 0.3 is 17.9 Å². The van der Waals surface area contributed by atoms with E-state index in [-0.39, 0.29) is 24.1 Å². The van der Waals surface area contributed by atoms with Crippen LogP contribution < -0.4 is 0 Å². The number of rotatable bonds is 18. The summed E-state index contributed by atoms with van der Waals surface area (Å²) >= 11 is 0. The minimum atomic E-state index is -0.985. The summed E-state index contributed by atoms with van der Waals surface area (Å²) in [4.78, 5) is 33.0. The van der Waals surface area contributed by atoms with Crippen LogP contribution in [-0.2, 0) is 28.6 Å². The van der Waals surface area contributed by atoms with Crippen molar-refractivity contribution in [2.75, 3.05) is 19.8 Å². The first kappa shape index (κ1) is 31.6. The molecule has 0 bridgehead atoms. The smallest absolute Gasteiger partial charge is 0.333 e. The Morgan fingerprint density at radius 2 is 1.44 bits per heavy atom. The van der Waals surface area contributed by atoms with Crippen molar-refractivity contribution in [1.82, 2.24) is 0 Å². The van der Waals surface area contributed by atoms with Crippen molar-refractivity contribution < 1.29 is 33.7 Å². The second-order valence-corrected chi connectivity index (χ2v) is 8.65. The molecule has 1 saturated heterocycles. The first-order valence-corrected chi connectivity index (χ1v) is 12.4. The number of ether oxygens (including phenoxy) is 3. The molecule has 1 rings (SSSR count). The zero-order valence-corrected chi connectivity index (χ0v) is 21.4. The summed E-state index contributed by atoms with van der Waals surface area (Å²) in [6.45, 7) is 13.9. The van der Waals surface area contributed by atoms with Gasteiger partial charge in [0.2, 0.25) is 0 Å². The molecule has 0 aromatic carbocycles. The summed E-state index contributed by atoms with van der Waals surface area (Å²) in [6.07, 6.45) is 14.2. The second kappa shape index (κ2) is 20.0. The Morgan fingerprint density at radius 3 is 1.91 bits per heavy atom. The molecule has 0 amide bonds. The summed E-state index contributed by atoms with van der Waals surface area (Å²) in [5, 5.41) is 8.74. The Balaban J connectivity index is 0.000000896. The largest absolute Gasteiger partial charge is 0.478 e. The molecule has 0 saturated carbocycles. The van der Waals surface area contributed by atoms with Crippen LogP contribution >= 0.6 is 0 Å². The average molecular weight is 481 g/mol. The number of carboxylic acid groups (broad SMARTS) is 1. The Bertz CT molecular complexity index is 674. The third kappa shape index (κ3) is 19.1. The van der Waals surface area contributed by atoms with Crippen LogP contribution in [0, 0.1) is 0 Å². The fourth-order valence-corrected chi connectivity index (χ4v) is 2.76. The van der Waals surface area contributed by atoms with Gasteiger partial charge in [-0.1, -0.05) is 83.9 Å². The summed E-state index contributed by atoms with van der Waals surface area (Å²) in [5.41, 5.74) is 0.932. The molecule has 0 radical (unpaired) electrons. The van der Waals surface area contributed by atoms with Crippen LogP contribution in [0.4, 0.5) is 0 Å². The number of carbonyl (C=O) groups is 3. The number of unbranched alkanes of at least 4 members (excludes halogenated alkanes) is 9. The van der Waals surface area contributed by atoms with Crippen molar-refractivity contribution in [3.05, 3.63) is 36.0 Å². The van der Waals surface area contributed by atoms with E-state index in [1.807, 2.05) is 0 Å². The number of hydrogen-bond donors (Lipinski definition) is 1. The molecule has 1 aliphatic heterocycles. The average Bonchev–Trinajstić information content (AvgIpc) is 3.63. The van der Waals surface area contributed by atoms with Gasteiger partial charge in [0.15, 0.2) is 0 Å². The summed E-state index contributed by atoms with van der Waals surface area (Å²) in [7, 11) is 0. The molecular formula is C27H44O7. The van der Waals surface area contributed by atoms with E-state index >= 15 is 0 Å². The van der Waals surface area contributed by atoms with Crippen LogP contribution in [0.1, 0.15) is 91.4 Å². The molecule has 1 aliphatic rings. The Labute approximate surface area is 205 Å². The molecule has 0 spiro atoms. The highest BCUT2D eigenvalue weighted by Crippen LogP contribution is 2.11. The van der Waals surface area contributed by atoms with E-state index < -0.39 is 11.9 Å². The number of esters is 2. The monoisotopic (exact) mass is 480 g/mol. The standard InChI is InChI=1S/C20H34O4.C7H10O3/c1-4-5-6-7-8-9-10-11-12-13-16-24-20(23)18(3)15-14-17(2)19(21)22;1-5(2)7(8)10-4-6-3-9-6/h14H,3-13,15-16H2,1-2H3,(H,21,22);6H,1,3-4H2,2H3. The molecular weight excluding hydrogens is 436 g/mol. The number of hydrogen-bond acceptors (Lipinski definition) is 6. The molecule has 7 heteroatoms. The molecule has 0 aliphatic carbocycles. The highest BCUT2D eigenvalue weighted by atomic mass is 16.6. The summed E-state index contributed by atoms with van der Waals surface area (Å²) < 4.78 is 14.7. The van der Waals surface area contributed by atoms with Crippen LogP contribution in [0.2, 0.25) is 0 Å². The van der Waals surface area contributed by atoms with E-state index in [1.165, 1.54) is 64.4 Å². The Kier molecular flexibility index (Phi) is 18.6. The van der Waals surface area contributed by atoms with Crippen LogP contribution in [0.3, 0.4) is 0 Å². The minimum absolute atomic E-state index is 0.142. The molecule has 1 N–H and O–H groups in total. The van der Waals surface area contributed by atoms with Gasteiger partial charge < -0.3 is 19.3 Å². The van der Waals surface area contributed by atoms with Gasteiger partial charge in [-0.05, 0) is 26.7 Å². The SMILES string of the molecule is C=C(C)C(=O)OCC1CO1.C=C(CC=C(C)C(=O)O)C(=O)OCCCCCCCCCCCC. The first-order chi connectivity index (χ1) is 16.2. The van der Waals surface area contributed by atoms with Crippen molar-refractivity contribution in [3.63, 3.8) is 0 Å². The van der Waals surface area contributed by atoms with Crippen molar-refractivity contribution >= 4 is 17.9 Å². The predicted molar refractivity (Wildman–Crippen MR) is 133 cm³/mol. The number of carbonyl (C=O) groups excluding carboxylic acids is 2. The normalized spacial score (nSPS) is 14.4. The molecule has 0 aromatic heterocycles. The third-order valence-electron chi connectivity index (χ3n) is 5.16. The maximum atomic E-state index is 11.7. The second-order valence-electron chi connectivity index (χ2n) is 8.65. The molecule has 1 atom stereocenters. The highest BCUT2D eigenvalue weighted by molar-refractivity contribution is 5.89. The molecule has 34 heavy (non-hydrogen) atoms. The lowest BCUT2D eigenvalue weighted by atomic mass is 10.1. The van der Waals surface area contributed by atoms with Crippen LogP contribution in [-0.4, -0.2) is 48.9 Å². The summed E-state index contributed by atoms with van der Waals surface area (Å²) in [6, 6.07) is 0. The van der Waals surface area contributed by atoms with Crippen molar-refractivity contribution in [3.8, 4) is 0 Å². The van der Waals surface area contributed by atoms with E-state index in [0.29, 0.717) is 31.0 Å². The van der Waals surface area contributed by atoms with Crippen molar-refractivity contribution in [1.29, 1.82) is 0 Å². The van der Waals surface area contributed by atoms with Gasteiger partial charge in [0, 0.05) is 16.7 Å². The maximum absolute atomic E-state index is 11.7. The molecule has 1 heterocycles. The lowest BCUT2D eigenvalue weighted by Crippen LogP contribution is -2.09. The fourth-order valence-electron chi connectivity index (χ4n) is 2.76. The molecule has 7 nitrogen and oxygen atoms in total. The van der Waals surface area contributed by atoms with Gasteiger partial charge in [0.25, 0.3) is 0 Å². The number of aliphatic carboxylic acids is 1. The zero-order valence-electron chi connectivity index (χ0n) is 21.4. The predicted octanol–water partition coefficient (Wildman–Crippen LogP) is 5.93. The molecule has 1 unspecified atom stereocenters.